The lowest BCUT2D eigenvalue weighted by Gasteiger charge is -2.12. The molecule has 1 N–H and O–H groups in total. The van der Waals surface area contributed by atoms with Crippen LogP contribution in [0.5, 0.6) is 5.75 Å². The van der Waals surface area contributed by atoms with Gasteiger partial charge in [-0.25, -0.2) is 17.3 Å². The van der Waals surface area contributed by atoms with E-state index in [0.29, 0.717) is 29.5 Å². The molecule has 1 aliphatic carbocycles. The summed E-state index contributed by atoms with van der Waals surface area (Å²) in [7, 11) is -3.38. The van der Waals surface area contributed by atoms with Crippen molar-refractivity contribution in [2.24, 2.45) is 0 Å². The SMILES string of the molecule is CS(=O)(=O)c1ccc(Nc2nc3ccc(-c4ccc(CC(=O)Cc5ccc(F)cc5)cc4)cn3n2)c(OC2CC2)c1. The van der Waals surface area contributed by atoms with Gasteiger partial charge < -0.3 is 10.1 Å². The number of fused-ring (bicyclic) bond motifs is 1. The van der Waals surface area contributed by atoms with E-state index in [1.807, 2.05) is 42.6 Å². The summed E-state index contributed by atoms with van der Waals surface area (Å²) < 4.78 is 44.8. The number of sulfone groups is 1. The van der Waals surface area contributed by atoms with Gasteiger partial charge in [-0.3, -0.25) is 4.79 Å². The first-order valence-electron chi connectivity index (χ1n) is 13.2. The average molecular weight is 571 g/mol. The van der Waals surface area contributed by atoms with E-state index in [1.165, 1.54) is 30.5 Å². The summed E-state index contributed by atoms with van der Waals surface area (Å²) in [5, 5.41) is 7.72. The monoisotopic (exact) mass is 570 g/mol. The van der Waals surface area contributed by atoms with E-state index in [2.05, 4.69) is 15.4 Å². The summed E-state index contributed by atoms with van der Waals surface area (Å²) in [5.41, 5.74) is 4.80. The number of carbonyl (C=O) groups is 1. The largest absolute Gasteiger partial charge is 0.488 e. The maximum absolute atomic E-state index is 13.1. The summed E-state index contributed by atoms with van der Waals surface area (Å²) in [6.45, 7) is 0. The summed E-state index contributed by atoms with van der Waals surface area (Å²) >= 11 is 0. The standard InChI is InChI=1S/C31H27FN4O4S/c1-41(38,39)27-13-14-28(29(18-27)40-26-11-12-26)33-31-34-30-15-8-23(19-36(30)35-31)22-6-2-20(3-7-22)16-25(37)17-21-4-9-24(32)10-5-21/h2-10,13-15,18-19,26H,11-12,16-17H2,1H3,(H,33,35). The molecule has 2 aromatic heterocycles. The molecule has 0 radical (unpaired) electrons. The Morgan fingerprint density at radius 3 is 2.27 bits per heavy atom. The van der Waals surface area contributed by atoms with Crippen molar-refractivity contribution in [3.05, 3.63) is 102 Å². The molecule has 10 heteroatoms. The number of aromatic nitrogens is 3. The van der Waals surface area contributed by atoms with Crippen LogP contribution in [0, 0.1) is 5.82 Å². The molecule has 6 rings (SSSR count). The second kappa shape index (κ2) is 10.8. The second-order valence-electron chi connectivity index (χ2n) is 10.2. The van der Waals surface area contributed by atoms with E-state index >= 15 is 0 Å². The van der Waals surface area contributed by atoms with E-state index in [1.54, 1.807) is 22.7 Å². The van der Waals surface area contributed by atoms with Crippen LogP contribution >= 0.6 is 0 Å². The van der Waals surface area contributed by atoms with Gasteiger partial charge in [0.15, 0.2) is 15.5 Å². The maximum Gasteiger partial charge on any atom is 0.247 e. The van der Waals surface area contributed by atoms with E-state index in [0.717, 1.165) is 35.1 Å². The van der Waals surface area contributed by atoms with Gasteiger partial charge in [0.05, 0.1) is 16.7 Å². The lowest BCUT2D eigenvalue weighted by atomic mass is 10.0. The highest BCUT2D eigenvalue weighted by molar-refractivity contribution is 7.90. The predicted octanol–water partition coefficient (Wildman–Crippen LogP) is 5.58. The number of nitrogens with zero attached hydrogens (tertiary/aromatic N) is 3. The normalized spacial score (nSPS) is 13.3. The Kier molecular flexibility index (Phi) is 7.00. The van der Waals surface area contributed by atoms with Crippen molar-refractivity contribution in [2.75, 3.05) is 11.6 Å². The van der Waals surface area contributed by atoms with Crippen molar-refractivity contribution in [3.63, 3.8) is 0 Å². The number of Topliss-reactive ketones (excluding diaryl/α,β-unsaturated/α-hetero) is 1. The van der Waals surface area contributed by atoms with E-state index in [-0.39, 0.29) is 29.0 Å². The molecule has 3 aromatic carbocycles. The molecule has 2 heterocycles. The van der Waals surface area contributed by atoms with Gasteiger partial charge in [0.2, 0.25) is 5.95 Å². The predicted molar refractivity (Wildman–Crippen MR) is 154 cm³/mol. The van der Waals surface area contributed by atoms with Crippen molar-refractivity contribution in [2.45, 2.75) is 36.7 Å². The fraction of sp³-hybridized carbons (Fsp3) is 0.194. The van der Waals surface area contributed by atoms with Gasteiger partial charge in [-0.05, 0) is 65.9 Å². The summed E-state index contributed by atoms with van der Waals surface area (Å²) in [6.07, 6.45) is 5.55. The minimum atomic E-state index is -3.38. The van der Waals surface area contributed by atoms with Crippen LogP contribution in [0.2, 0.25) is 0 Å². The van der Waals surface area contributed by atoms with E-state index in [4.69, 9.17) is 4.74 Å². The molecule has 0 saturated heterocycles. The highest BCUT2D eigenvalue weighted by Gasteiger charge is 2.25. The zero-order valence-electron chi connectivity index (χ0n) is 22.2. The van der Waals surface area contributed by atoms with Gasteiger partial charge in [-0.1, -0.05) is 36.4 Å². The minimum absolute atomic E-state index is 0.0602. The molecule has 1 aliphatic rings. The Labute approximate surface area is 236 Å². The van der Waals surface area contributed by atoms with Crippen molar-refractivity contribution in [3.8, 4) is 16.9 Å². The van der Waals surface area contributed by atoms with Gasteiger partial charge in [-0.2, -0.15) is 4.98 Å². The molecule has 0 bridgehead atoms. The van der Waals surface area contributed by atoms with Crippen LogP contribution in [-0.2, 0) is 27.5 Å². The number of hydrogen-bond donors (Lipinski definition) is 1. The van der Waals surface area contributed by atoms with Crippen LogP contribution < -0.4 is 10.1 Å². The molecule has 1 saturated carbocycles. The highest BCUT2D eigenvalue weighted by Crippen LogP contribution is 2.35. The van der Waals surface area contributed by atoms with Crippen molar-refractivity contribution < 1.29 is 22.3 Å². The van der Waals surface area contributed by atoms with E-state index < -0.39 is 9.84 Å². The van der Waals surface area contributed by atoms with Crippen LogP contribution in [-0.4, -0.2) is 41.2 Å². The molecular formula is C31H27FN4O4S. The zero-order chi connectivity index (χ0) is 28.6. The van der Waals surface area contributed by atoms with Gasteiger partial charge in [0.1, 0.15) is 17.3 Å². The molecule has 208 valence electrons. The van der Waals surface area contributed by atoms with Crippen LogP contribution in [0.3, 0.4) is 0 Å². The lowest BCUT2D eigenvalue weighted by Crippen LogP contribution is -2.06. The molecular weight excluding hydrogens is 543 g/mol. The van der Waals surface area contributed by atoms with Gasteiger partial charge >= 0.3 is 0 Å². The topological polar surface area (TPSA) is 103 Å². The number of carbonyl (C=O) groups excluding carboxylic acids is 1. The summed E-state index contributed by atoms with van der Waals surface area (Å²) in [4.78, 5) is 17.2. The Hall–Kier alpha value is -4.57. The van der Waals surface area contributed by atoms with Crippen molar-refractivity contribution >= 4 is 32.9 Å². The molecule has 0 atom stereocenters. The Bertz CT molecular complexity index is 1850. The van der Waals surface area contributed by atoms with Gasteiger partial charge in [0.25, 0.3) is 0 Å². The number of ketones is 1. The molecule has 8 nitrogen and oxygen atoms in total. The second-order valence-corrected chi connectivity index (χ2v) is 12.3. The number of pyridine rings is 1. The fourth-order valence-electron chi connectivity index (χ4n) is 4.46. The van der Waals surface area contributed by atoms with E-state index in [9.17, 15) is 17.6 Å². The lowest BCUT2D eigenvalue weighted by molar-refractivity contribution is -0.117. The van der Waals surface area contributed by atoms with Gasteiger partial charge in [-0.15, -0.1) is 5.10 Å². The van der Waals surface area contributed by atoms with Crippen LogP contribution in [0.15, 0.2) is 90.0 Å². The quantitative estimate of drug-likeness (QED) is 0.234. The number of ether oxygens (including phenoxy) is 1. The fourth-order valence-corrected chi connectivity index (χ4v) is 5.10. The number of rotatable bonds is 10. The van der Waals surface area contributed by atoms with Crippen molar-refractivity contribution in [1.82, 2.24) is 14.6 Å². The highest BCUT2D eigenvalue weighted by atomic mass is 32.2. The molecule has 0 spiro atoms. The number of hydrogen-bond acceptors (Lipinski definition) is 7. The Morgan fingerprint density at radius 1 is 0.951 bits per heavy atom. The average Bonchev–Trinajstić information content (AvgIpc) is 3.67. The number of halogens is 1. The molecule has 5 aromatic rings. The van der Waals surface area contributed by atoms with Crippen LogP contribution in [0.25, 0.3) is 16.8 Å². The summed E-state index contributed by atoms with van der Waals surface area (Å²) in [5.74, 6) is 0.545. The molecule has 0 amide bonds. The number of nitrogens with one attached hydrogen (secondary N) is 1. The first-order valence-corrected chi connectivity index (χ1v) is 15.1. The Morgan fingerprint density at radius 2 is 1.61 bits per heavy atom. The Balaban J connectivity index is 1.16. The summed E-state index contributed by atoms with van der Waals surface area (Å²) in [6, 6.07) is 22.3. The number of anilines is 2. The maximum atomic E-state index is 13.1. The minimum Gasteiger partial charge on any atom is -0.488 e. The molecule has 0 unspecified atom stereocenters. The molecule has 0 aliphatic heterocycles. The van der Waals surface area contributed by atoms with Crippen molar-refractivity contribution in [1.29, 1.82) is 0 Å². The smallest absolute Gasteiger partial charge is 0.247 e. The first-order chi connectivity index (χ1) is 19.7. The third-order valence-electron chi connectivity index (χ3n) is 6.78. The molecule has 1 fully saturated rings. The number of benzene rings is 3. The third kappa shape index (κ3) is 6.44. The first kappa shape index (κ1) is 26.6. The van der Waals surface area contributed by atoms with Crippen LogP contribution in [0.1, 0.15) is 24.0 Å². The van der Waals surface area contributed by atoms with Gasteiger partial charge in [0, 0.05) is 36.9 Å². The third-order valence-corrected chi connectivity index (χ3v) is 7.89. The van der Waals surface area contributed by atoms with Crippen LogP contribution in [0.4, 0.5) is 16.0 Å². The molecule has 41 heavy (non-hydrogen) atoms. The zero-order valence-corrected chi connectivity index (χ0v) is 23.1.